The molecule has 0 aliphatic carbocycles. The molecule has 0 bridgehead atoms. The van der Waals surface area contributed by atoms with Crippen LogP contribution in [0.4, 0.5) is 0 Å². The summed E-state index contributed by atoms with van der Waals surface area (Å²) < 4.78 is 37.8. The van der Waals surface area contributed by atoms with Crippen molar-refractivity contribution < 1.29 is 53.6 Å². The maximum atomic E-state index is 14.2. The minimum atomic E-state index is -1.77. The zero-order valence-electron chi connectivity index (χ0n) is 33.7. The average molecular weight is 732 g/mol. The fourth-order valence-electron chi connectivity index (χ4n) is 8.47. The standard InChI is InChI=1S/C38H71N2O11/c1-15-28-38(10,45)32(41)25(6)40(13)20-21(2)18-36(8,44)34(51-29-17-27(39(11)12)16-22(3)47-29)23(4)31(24(5)35(43)49-28)50-30-19-37(9,46-14)33(42)26(7)48-30/h17,21-34,41-42,44-45H,15-16,18-20H2,1-14H3/t21-,22-,23+,24-,25-,26+,27-,28-,29+,30+,31+,32-,33+,34-,36-,37-,38-/m1/s1. The van der Waals surface area contributed by atoms with E-state index in [4.69, 9.17) is 28.4 Å². The quantitative estimate of drug-likeness (QED) is 0.284. The lowest BCUT2D eigenvalue weighted by Crippen LogP contribution is -2.59. The topological polar surface area (TPSA) is 160 Å². The van der Waals surface area contributed by atoms with Crippen LogP contribution in [0.15, 0.2) is 0 Å². The number of rotatable bonds is 7. The van der Waals surface area contributed by atoms with Crippen LogP contribution in [-0.4, -0.2) is 155 Å². The van der Waals surface area contributed by atoms with Crippen molar-refractivity contribution in [2.24, 2.45) is 17.8 Å². The Morgan fingerprint density at radius 3 is 2.18 bits per heavy atom. The average Bonchev–Trinajstić information content (AvgIpc) is 3.04. The van der Waals surface area contributed by atoms with Crippen LogP contribution in [0.25, 0.3) is 0 Å². The molecule has 17 atom stereocenters. The van der Waals surface area contributed by atoms with E-state index in [0.29, 0.717) is 13.0 Å². The summed E-state index contributed by atoms with van der Waals surface area (Å²) >= 11 is 0. The van der Waals surface area contributed by atoms with Gasteiger partial charge in [-0.15, -0.1) is 0 Å². The second-order valence-electron chi connectivity index (χ2n) is 16.9. The molecular formula is C38H71N2O11. The number of esters is 1. The van der Waals surface area contributed by atoms with Gasteiger partial charge in [-0.2, -0.15) is 0 Å². The molecule has 3 heterocycles. The second-order valence-corrected chi connectivity index (χ2v) is 16.9. The van der Waals surface area contributed by atoms with Gasteiger partial charge in [0.15, 0.2) is 12.6 Å². The van der Waals surface area contributed by atoms with Crippen LogP contribution in [0, 0.1) is 24.2 Å². The summed E-state index contributed by atoms with van der Waals surface area (Å²) in [5.41, 5.74) is -4.21. The molecule has 3 rings (SSSR count). The number of carbonyl (C=O) groups is 1. The Labute approximate surface area is 307 Å². The van der Waals surface area contributed by atoms with Gasteiger partial charge in [0.2, 0.25) is 0 Å². The molecule has 0 amide bonds. The molecule has 0 aromatic rings. The molecule has 0 aromatic carbocycles. The van der Waals surface area contributed by atoms with Gasteiger partial charge in [0.05, 0.1) is 41.5 Å². The zero-order chi connectivity index (χ0) is 38.8. The third-order valence-corrected chi connectivity index (χ3v) is 11.9. The second kappa shape index (κ2) is 17.7. The lowest BCUT2D eigenvalue weighted by Gasteiger charge is -2.48. The Bertz CT molecular complexity index is 1110. The minimum Gasteiger partial charge on any atom is -0.459 e. The molecule has 13 nitrogen and oxygen atoms in total. The smallest absolute Gasteiger partial charge is 0.311 e. The van der Waals surface area contributed by atoms with Crippen LogP contribution in [0.5, 0.6) is 0 Å². The summed E-state index contributed by atoms with van der Waals surface area (Å²) in [6, 6.07) is -0.424. The van der Waals surface area contributed by atoms with Crippen LogP contribution in [0.2, 0.25) is 0 Å². The molecule has 13 heteroatoms. The molecule has 0 aromatic heterocycles. The van der Waals surface area contributed by atoms with Crippen molar-refractivity contribution in [2.75, 3.05) is 34.8 Å². The van der Waals surface area contributed by atoms with E-state index in [0.717, 1.165) is 6.42 Å². The number of aliphatic hydroxyl groups is 4. The SMILES string of the molecule is CC[C@H]1OC(=O)[C@H](C)[C@@H](O[C@H]2C[C@@](C)(OC)[C@@H](O)[C@H](C)O2)[C@H](C)[C@@H](O[C@H]2[CH][C@H](N(C)C)C[C@@H](C)O2)[C@](C)(O)C[C@@H](C)CN(C)[C@H](C)[C@@H](O)[C@]1(C)O. The lowest BCUT2D eigenvalue weighted by atomic mass is 9.77. The van der Waals surface area contributed by atoms with Crippen LogP contribution in [0.3, 0.4) is 0 Å². The largest absolute Gasteiger partial charge is 0.459 e. The number of nitrogens with zero attached hydrogens (tertiary/aromatic N) is 2. The number of ether oxygens (including phenoxy) is 6. The minimum absolute atomic E-state index is 0.0803. The highest BCUT2D eigenvalue weighted by Gasteiger charge is 2.52. The van der Waals surface area contributed by atoms with Gasteiger partial charge in [0.1, 0.15) is 23.9 Å². The molecular weight excluding hydrogens is 660 g/mol. The summed E-state index contributed by atoms with van der Waals surface area (Å²) in [5.74, 6) is -2.32. The Morgan fingerprint density at radius 2 is 1.61 bits per heavy atom. The first-order valence-corrected chi connectivity index (χ1v) is 18.9. The van der Waals surface area contributed by atoms with Crippen molar-refractivity contribution in [1.82, 2.24) is 9.80 Å². The summed E-state index contributed by atoms with van der Waals surface area (Å²) in [6.45, 7) is 18.5. The summed E-state index contributed by atoms with van der Waals surface area (Å²) in [4.78, 5) is 18.2. The summed E-state index contributed by atoms with van der Waals surface area (Å²) in [7, 11) is 7.40. The van der Waals surface area contributed by atoms with Crippen molar-refractivity contribution in [3.05, 3.63) is 6.42 Å². The Morgan fingerprint density at radius 1 is 0.980 bits per heavy atom. The Balaban J connectivity index is 2.15. The first-order chi connectivity index (χ1) is 23.5. The van der Waals surface area contributed by atoms with Gasteiger partial charge in [-0.25, -0.2) is 0 Å². The Kier molecular flexibility index (Phi) is 15.4. The molecule has 3 fully saturated rings. The van der Waals surface area contributed by atoms with Gasteiger partial charge in [0.25, 0.3) is 0 Å². The van der Waals surface area contributed by atoms with Crippen LogP contribution < -0.4 is 0 Å². The van der Waals surface area contributed by atoms with Crippen molar-refractivity contribution in [3.8, 4) is 0 Å². The number of cyclic esters (lactones) is 1. The molecule has 4 N–H and O–H groups in total. The van der Waals surface area contributed by atoms with Crippen LogP contribution >= 0.6 is 0 Å². The van der Waals surface area contributed by atoms with E-state index in [1.54, 1.807) is 34.6 Å². The van der Waals surface area contributed by atoms with Crippen molar-refractivity contribution in [1.29, 1.82) is 0 Å². The first-order valence-electron chi connectivity index (χ1n) is 18.9. The van der Waals surface area contributed by atoms with E-state index >= 15 is 0 Å². The van der Waals surface area contributed by atoms with Gasteiger partial charge in [0, 0.05) is 44.5 Å². The molecule has 3 aliphatic heterocycles. The highest BCUT2D eigenvalue weighted by atomic mass is 16.7. The number of methoxy groups -OCH3 is 1. The van der Waals surface area contributed by atoms with E-state index in [-0.39, 0.29) is 30.9 Å². The number of hydrogen-bond donors (Lipinski definition) is 4. The van der Waals surface area contributed by atoms with Gasteiger partial charge >= 0.3 is 5.97 Å². The highest BCUT2D eigenvalue weighted by molar-refractivity contribution is 5.73. The first kappa shape index (κ1) is 44.4. The molecule has 0 unspecified atom stereocenters. The van der Waals surface area contributed by atoms with Crippen molar-refractivity contribution in [3.63, 3.8) is 0 Å². The van der Waals surface area contributed by atoms with E-state index < -0.39 is 89.9 Å². The third kappa shape index (κ3) is 10.4. The molecule has 0 spiro atoms. The summed E-state index contributed by atoms with van der Waals surface area (Å²) in [5, 5.41) is 46.6. The van der Waals surface area contributed by atoms with Crippen LogP contribution in [0.1, 0.15) is 94.9 Å². The van der Waals surface area contributed by atoms with Crippen molar-refractivity contribution in [2.45, 2.75) is 179 Å². The number of aliphatic hydroxyl groups excluding tert-OH is 2. The third-order valence-electron chi connectivity index (χ3n) is 11.9. The predicted molar refractivity (Wildman–Crippen MR) is 192 cm³/mol. The van der Waals surface area contributed by atoms with E-state index in [1.165, 1.54) is 14.0 Å². The van der Waals surface area contributed by atoms with Gasteiger partial charge < -0.3 is 58.6 Å². The molecule has 1 radical (unpaired) electrons. The normalized spacial score (nSPS) is 48.9. The fourth-order valence-corrected chi connectivity index (χ4v) is 8.47. The van der Waals surface area contributed by atoms with Crippen LogP contribution in [-0.2, 0) is 33.2 Å². The Hall–Kier alpha value is -0.970. The van der Waals surface area contributed by atoms with E-state index in [1.807, 2.05) is 60.2 Å². The number of likely N-dealkylation sites (N-methyl/N-ethyl adjacent to an activating group) is 1. The zero-order valence-corrected chi connectivity index (χ0v) is 33.7. The maximum absolute atomic E-state index is 14.2. The number of hydrogen-bond acceptors (Lipinski definition) is 13. The fraction of sp³-hybridized carbons (Fsp3) is 0.947. The molecule has 0 saturated carbocycles. The molecule has 299 valence electrons. The van der Waals surface area contributed by atoms with E-state index in [2.05, 4.69) is 4.90 Å². The molecule has 3 saturated heterocycles. The number of carbonyl (C=O) groups excluding carboxylic acids is 1. The molecule has 3 aliphatic rings. The highest BCUT2D eigenvalue weighted by Crippen LogP contribution is 2.40. The monoisotopic (exact) mass is 732 g/mol. The van der Waals surface area contributed by atoms with E-state index in [9.17, 15) is 25.2 Å². The predicted octanol–water partition coefficient (Wildman–Crippen LogP) is 2.74. The lowest BCUT2D eigenvalue weighted by molar-refractivity contribution is -0.305. The summed E-state index contributed by atoms with van der Waals surface area (Å²) in [6.07, 6.45) is -3.92. The maximum Gasteiger partial charge on any atom is 0.311 e. The van der Waals surface area contributed by atoms with Gasteiger partial charge in [-0.3, -0.25) is 4.79 Å². The van der Waals surface area contributed by atoms with Gasteiger partial charge in [-0.05, 0) is 94.8 Å². The molecule has 51 heavy (non-hydrogen) atoms. The van der Waals surface area contributed by atoms with Gasteiger partial charge in [-0.1, -0.05) is 20.8 Å². The van der Waals surface area contributed by atoms with Crippen molar-refractivity contribution >= 4 is 5.97 Å².